The van der Waals surface area contributed by atoms with Gasteiger partial charge in [0.25, 0.3) is 0 Å². The number of carbonyl (C=O) groups excluding carboxylic acids is 1. The number of ether oxygens (including phenoxy) is 1. The smallest absolute Gasteiger partial charge is 0.350 e. The number of hydrogen-bond donors (Lipinski definition) is 3. The van der Waals surface area contributed by atoms with Gasteiger partial charge in [-0.05, 0) is 6.42 Å². The summed E-state index contributed by atoms with van der Waals surface area (Å²) in [6, 6.07) is -0.263. The Bertz CT molecular complexity index is 426. The third-order valence-electron chi connectivity index (χ3n) is 3.12. The van der Waals surface area contributed by atoms with Crippen molar-refractivity contribution in [1.82, 2.24) is 5.32 Å². The maximum absolute atomic E-state index is 11.2. The minimum Gasteiger partial charge on any atom is -0.477 e. The Morgan fingerprint density at radius 3 is 3.00 bits per heavy atom. The average molecular weight is 285 g/mol. The van der Waals surface area contributed by atoms with Crippen LogP contribution in [0.3, 0.4) is 0 Å². The molecule has 2 rings (SSSR count). The molecule has 0 aliphatic carbocycles. The molecule has 0 saturated carbocycles. The van der Waals surface area contributed by atoms with E-state index in [0.29, 0.717) is 25.3 Å². The number of carboxylic acid groups (broad SMARTS) is 1. The van der Waals surface area contributed by atoms with Crippen LogP contribution in [0.5, 0.6) is 0 Å². The molecule has 0 aromatic rings. The lowest BCUT2D eigenvalue weighted by Crippen LogP contribution is -2.42. The van der Waals surface area contributed by atoms with E-state index in [-0.39, 0.29) is 28.9 Å². The highest BCUT2D eigenvalue weighted by atomic mass is 32.2. The number of carboxylic acids is 1. The molecule has 2 unspecified atom stereocenters. The second-order valence-electron chi connectivity index (χ2n) is 4.32. The number of hydrogen-bond acceptors (Lipinski definition) is 6. The molecule has 104 valence electrons. The van der Waals surface area contributed by atoms with E-state index >= 15 is 0 Å². The Balaban J connectivity index is 1.92. The standard InChI is InChI=1S/C11H15N3O4S/c12-5-13-1-2-19-8-3-7(6-4-18-11(6)17)14-9(8)10(15)16/h5-8H,1-4H2,(H2,12,13)(H,15,16)/t6-,7?,8?/m1/s1. The fraction of sp³-hybridized carbons (Fsp3) is 0.636. The molecule has 1 saturated heterocycles. The van der Waals surface area contributed by atoms with Gasteiger partial charge in [-0.2, -0.15) is 0 Å². The van der Waals surface area contributed by atoms with Crippen LogP contribution in [0.25, 0.3) is 0 Å². The summed E-state index contributed by atoms with van der Waals surface area (Å²) in [5, 5.41) is 18.5. The van der Waals surface area contributed by atoms with Crippen molar-refractivity contribution in [3.8, 4) is 0 Å². The Morgan fingerprint density at radius 2 is 2.47 bits per heavy atom. The van der Waals surface area contributed by atoms with E-state index in [1.807, 2.05) is 0 Å². The maximum atomic E-state index is 11.2. The van der Waals surface area contributed by atoms with Crippen molar-refractivity contribution < 1.29 is 19.4 Å². The third-order valence-corrected chi connectivity index (χ3v) is 4.38. The van der Waals surface area contributed by atoms with Gasteiger partial charge in [0.2, 0.25) is 0 Å². The monoisotopic (exact) mass is 285 g/mol. The van der Waals surface area contributed by atoms with Crippen LogP contribution in [0, 0.1) is 11.3 Å². The highest BCUT2D eigenvalue weighted by Crippen LogP contribution is 2.33. The summed E-state index contributed by atoms with van der Waals surface area (Å²) in [7, 11) is 0. The summed E-state index contributed by atoms with van der Waals surface area (Å²) in [6.45, 7) is 0.945. The van der Waals surface area contributed by atoms with Crippen LogP contribution in [0.2, 0.25) is 0 Å². The molecule has 1 fully saturated rings. The van der Waals surface area contributed by atoms with Crippen molar-refractivity contribution in [2.45, 2.75) is 17.7 Å². The summed E-state index contributed by atoms with van der Waals surface area (Å²) < 4.78 is 4.70. The lowest BCUT2D eigenvalue weighted by molar-refractivity contribution is -0.169. The molecule has 2 aliphatic rings. The van der Waals surface area contributed by atoms with Gasteiger partial charge in [-0.15, -0.1) is 11.8 Å². The lowest BCUT2D eigenvalue weighted by atomic mass is 9.95. The topological polar surface area (TPSA) is 112 Å². The summed E-state index contributed by atoms with van der Waals surface area (Å²) in [4.78, 5) is 26.5. The van der Waals surface area contributed by atoms with Gasteiger partial charge < -0.3 is 15.2 Å². The molecule has 0 radical (unpaired) electrons. The van der Waals surface area contributed by atoms with Crippen LogP contribution < -0.4 is 5.32 Å². The second-order valence-corrected chi connectivity index (χ2v) is 5.63. The number of aliphatic imine (C=N–C) groups is 1. The van der Waals surface area contributed by atoms with E-state index in [4.69, 9.17) is 15.3 Å². The van der Waals surface area contributed by atoms with Gasteiger partial charge in [0.1, 0.15) is 18.2 Å². The van der Waals surface area contributed by atoms with E-state index < -0.39 is 5.97 Å². The van der Waals surface area contributed by atoms with Crippen LogP contribution in [-0.2, 0) is 14.3 Å². The summed E-state index contributed by atoms with van der Waals surface area (Å²) >= 11 is 1.49. The molecule has 8 heteroatoms. The van der Waals surface area contributed by atoms with Crippen molar-refractivity contribution in [1.29, 1.82) is 5.41 Å². The minimum atomic E-state index is -1.02. The average Bonchev–Trinajstić information content (AvgIpc) is 2.76. The Morgan fingerprint density at radius 1 is 1.68 bits per heavy atom. The zero-order valence-corrected chi connectivity index (χ0v) is 11.0. The molecular weight excluding hydrogens is 270 g/mol. The van der Waals surface area contributed by atoms with E-state index in [1.54, 1.807) is 0 Å². The molecule has 19 heavy (non-hydrogen) atoms. The molecule has 2 aliphatic heterocycles. The maximum Gasteiger partial charge on any atom is 0.350 e. The fourth-order valence-electron chi connectivity index (χ4n) is 2.09. The highest BCUT2D eigenvalue weighted by Gasteiger charge is 2.44. The summed E-state index contributed by atoms with van der Waals surface area (Å²) in [6.07, 6.45) is 1.67. The first-order chi connectivity index (χ1) is 9.13. The number of carbonyl (C=O) groups is 2. The molecule has 0 aromatic carbocycles. The van der Waals surface area contributed by atoms with Crippen LogP contribution in [0.15, 0.2) is 4.99 Å². The molecule has 3 atom stereocenters. The zero-order valence-electron chi connectivity index (χ0n) is 10.2. The van der Waals surface area contributed by atoms with E-state index in [0.717, 1.165) is 6.34 Å². The Hall–Kier alpha value is -1.57. The van der Waals surface area contributed by atoms with Gasteiger partial charge in [0, 0.05) is 12.3 Å². The number of nitrogens with one attached hydrogen (secondary N) is 2. The van der Waals surface area contributed by atoms with Gasteiger partial charge in [0.05, 0.1) is 17.6 Å². The number of cyclic esters (lactones) is 1. The number of thioether (sulfide) groups is 1. The van der Waals surface area contributed by atoms with Crippen molar-refractivity contribution in [2.24, 2.45) is 10.9 Å². The van der Waals surface area contributed by atoms with Crippen molar-refractivity contribution in [3.63, 3.8) is 0 Å². The van der Waals surface area contributed by atoms with Crippen LogP contribution in [0.4, 0.5) is 0 Å². The Labute approximate surface area is 114 Å². The van der Waals surface area contributed by atoms with E-state index in [2.05, 4.69) is 10.3 Å². The lowest BCUT2D eigenvalue weighted by Gasteiger charge is -2.28. The van der Waals surface area contributed by atoms with E-state index in [1.165, 1.54) is 11.8 Å². The highest BCUT2D eigenvalue weighted by molar-refractivity contribution is 8.00. The predicted molar refractivity (Wildman–Crippen MR) is 71.0 cm³/mol. The molecule has 3 N–H and O–H groups in total. The fourth-order valence-corrected chi connectivity index (χ4v) is 3.26. The Kier molecular flexibility index (Phi) is 4.41. The zero-order chi connectivity index (χ0) is 13.8. The first-order valence-corrected chi connectivity index (χ1v) is 7.00. The first kappa shape index (κ1) is 13.9. The first-order valence-electron chi connectivity index (χ1n) is 5.95. The molecule has 0 amide bonds. The molecule has 0 aromatic heterocycles. The summed E-state index contributed by atoms with van der Waals surface area (Å²) in [5.41, 5.74) is 0.143. The molecule has 0 bridgehead atoms. The molecular formula is C11H15N3O4S. The second kappa shape index (κ2) is 6.05. The minimum absolute atomic E-state index is 0.143. The number of rotatable bonds is 7. The number of esters is 1. The quantitative estimate of drug-likeness (QED) is 0.257. The number of aliphatic carboxylic acids is 1. The van der Waals surface area contributed by atoms with Gasteiger partial charge >= 0.3 is 11.9 Å². The van der Waals surface area contributed by atoms with Crippen LogP contribution >= 0.6 is 11.8 Å². The SMILES string of the molecule is N=CNCCSC1CC([C@H]2COC2=O)N=C1C(=O)O. The van der Waals surface area contributed by atoms with Gasteiger partial charge in [0.15, 0.2) is 0 Å². The normalized spacial score (nSPS) is 29.2. The predicted octanol–water partition coefficient (Wildman–Crippen LogP) is -0.244. The van der Waals surface area contributed by atoms with Crippen molar-refractivity contribution >= 4 is 35.8 Å². The summed E-state index contributed by atoms with van der Waals surface area (Å²) in [5.74, 6) is -0.893. The number of nitrogens with zero attached hydrogens (tertiary/aromatic N) is 1. The molecule has 2 heterocycles. The largest absolute Gasteiger partial charge is 0.477 e. The van der Waals surface area contributed by atoms with Crippen molar-refractivity contribution in [3.05, 3.63) is 0 Å². The third kappa shape index (κ3) is 3.06. The van der Waals surface area contributed by atoms with Crippen molar-refractivity contribution in [2.75, 3.05) is 18.9 Å². The van der Waals surface area contributed by atoms with Crippen LogP contribution in [-0.4, -0.2) is 59.3 Å². The van der Waals surface area contributed by atoms with Gasteiger partial charge in [-0.1, -0.05) is 0 Å². The molecule has 0 spiro atoms. The van der Waals surface area contributed by atoms with Crippen LogP contribution in [0.1, 0.15) is 6.42 Å². The molecule has 7 nitrogen and oxygen atoms in total. The van der Waals surface area contributed by atoms with Gasteiger partial charge in [-0.25, -0.2) is 4.79 Å². The van der Waals surface area contributed by atoms with E-state index in [9.17, 15) is 9.59 Å². The van der Waals surface area contributed by atoms with Gasteiger partial charge in [-0.3, -0.25) is 15.2 Å².